The van der Waals surface area contributed by atoms with Crippen LogP contribution in [-0.2, 0) is 0 Å². The van der Waals surface area contributed by atoms with E-state index in [-0.39, 0.29) is 5.78 Å². The van der Waals surface area contributed by atoms with Gasteiger partial charge in [-0.25, -0.2) is 0 Å². The van der Waals surface area contributed by atoms with E-state index < -0.39 is 5.41 Å². The molecule has 1 N–H and O–H groups in total. The number of Topliss-reactive ketones (excluding diaryl/α,β-unsaturated/α-hetero) is 1. The van der Waals surface area contributed by atoms with Crippen LogP contribution in [0.4, 0.5) is 0 Å². The lowest BCUT2D eigenvalue weighted by molar-refractivity contribution is 0.0705. The molecule has 0 bridgehead atoms. The van der Waals surface area contributed by atoms with E-state index in [2.05, 4.69) is 5.32 Å². The van der Waals surface area contributed by atoms with Crippen LogP contribution < -0.4 is 10.1 Å². The smallest absolute Gasteiger partial charge is 0.172 e. The van der Waals surface area contributed by atoms with Gasteiger partial charge in [0.2, 0.25) is 0 Å². The summed E-state index contributed by atoms with van der Waals surface area (Å²) >= 11 is 6.03. The molecule has 1 unspecified atom stereocenters. The van der Waals surface area contributed by atoms with E-state index in [4.69, 9.17) is 16.3 Å². The molecule has 0 spiro atoms. The molecule has 1 saturated heterocycles. The van der Waals surface area contributed by atoms with Crippen LogP contribution in [-0.4, -0.2) is 26.0 Å². The number of rotatable bonds is 4. The van der Waals surface area contributed by atoms with Crippen molar-refractivity contribution in [3.63, 3.8) is 0 Å². The molecule has 0 amide bonds. The normalized spacial score (nSPS) is 19.7. The highest BCUT2D eigenvalue weighted by Crippen LogP contribution is 2.37. The largest absolute Gasteiger partial charge is 0.496 e. The Hall–Kier alpha value is -1.06. The lowest BCUT2D eigenvalue weighted by atomic mass is 9.70. The van der Waals surface area contributed by atoms with Gasteiger partial charge in [-0.05, 0) is 50.0 Å². The minimum atomic E-state index is -0.425. The number of methoxy groups -OCH3 is 1. The number of ether oxygens (including phenoxy) is 1. The summed E-state index contributed by atoms with van der Waals surface area (Å²) in [6.07, 6.45) is 2.20. The molecule has 0 aromatic heterocycles. The number of halogens is 1. The van der Waals surface area contributed by atoms with Crippen LogP contribution in [0.5, 0.6) is 5.75 Å². The summed E-state index contributed by atoms with van der Waals surface area (Å²) in [6.45, 7) is 5.98. The van der Waals surface area contributed by atoms with Crippen molar-refractivity contribution in [3.8, 4) is 5.75 Å². The van der Waals surface area contributed by atoms with Gasteiger partial charge in [0.15, 0.2) is 5.78 Å². The number of hydrogen-bond acceptors (Lipinski definition) is 3. The van der Waals surface area contributed by atoms with E-state index in [9.17, 15) is 4.79 Å². The molecule has 4 heteroatoms. The van der Waals surface area contributed by atoms with Crippen molar-refractivity contribution in [2.24, 2.45) is 11.3 Å². The van der Waals surface area contributed by atoms with Gasteiger partial charge >= 0.3 is 0 Å². The number of hydrogen-bond donors (Lipinski definition) is 1. The molecule has 1 fully saturated rings. The second-order valence-electron chi connectivity index (χ2n) is 5.94. The molecule has 1 atom stereocenters. The average Bonchev–Trinajstić information content (AvgIpc) is 2.47. The Bertz CT molecular complexity index is 493. The maximum absolute atomic E-state index is 12.9. The maximum atomic E-state index is 12.9. The molecule has 1 heterocycles. The highest BCUT2D eigenvalue weighted by Gasteiger charge is 2.38. The Balaban J connectivity index is 2.31. The van der Waals surface area contributed by atoms with Crippen molar-refractivity contribution in [2.45, 2.75) is 26.7 Å². The Morgan fingerprint density at radius 3 is 2.80 bits per heavy atom. The summed E-state index contributed by atoms with van der Waals surface area (Å²) in [5, 5.41) is 3.94. The third kappa shape index (κ3) is 2.99. The summed E-state index contributed by atoms with van der Waals surface area (Å²) in [5.41, 5.74) is 0.154. The molecule has 1 aliphatic rings. The van der Waals surface area contributed by atoms with E-state index >= 15 is 0 Å². The maximum Gasteiger partial charge on any atom is 0.172 e. The van der Waals surface area contributed by atoms with Crippen molar-refractivity contribution in [2.75, 3.05) is 20.2 Å². The van der Waals surface area contributed by atoms with Crippen molar-refractivity contribution in [1.29, 1.82) is 0 Å². The van der Waals surface area contributed by atoms with Crippen LogP contribution in [0, 0.1) is 11.3 Å². The number of piperidine rings is 1. The molecule has 20 heavy (non-hydrogen) atoms. The van der Waals surface area contributed by atoms with Crippen LogP contribution in [0.15, 0.2) is 18.2 Å². The van der Waals surface area contributed by atoms with Gasteiger partial charge in [-0.3, -0.25) is 4.79 Å². The molecule has 1 aromatic rings. The van der Waals surface area contributed by atoms with Gasteiger partial charge in [0.05, 0.1) is 12.7 Å². The summed E-state index contributed by atoms with van der Waals surface area (Å²) in [6, 6.07) is 5.21. The Labute approximate surface area is 125 Å². The van der Waals surface area contributed by atoms with Crippen molar-refractivity contribution >= 4 is 17.4 Å². The molecule has 0 saturated carbocycles. The van der Waals surface area contributed by atoms with Crippen LogP contribution in [0.1, 0.15) is 37.0 Å². The quantitative estimate of drug-likeness (QED) is 0.863. The predicted molar refractivity (Wildman–Crippen MR) is 81.7 cm³/mol. The van der Waals surface area contributed by atoms with Gasteiger partial charge in [0, 0.05) is 10.4 Å². The van der Waals surface area contributed by atoms with E-state index in [1.165, 1.54) is 0 Å². The molecule has 2 rings (SSSR count). The molecular formula is C16H22ClNO2. The number of benzene rings is 1. The number of nitrogens with one attached hydrogen (secondary N) is 1. The lowest BCUT2D eigenvalue weighted by Crippen LogP contribution is -2.42. The van der Waals surface area contributed by atoms with Gasteiger partial charge in [-0.1, -0.05) is 25.4 Å². The van der Waals surface area contributed by atoms with Crippen LogP contribution in [0.3, 0.4) is 0 Å². The average molecular weight is 296 g/mol. The van der Waals surface area contributed by atoms with Crippen molar-refractivity contribution in [3.05, 3.63) is 28.8 Å². The van der Waals surface area contributed by atoms with E-state index in [0.29, 0.717) is 22.3 Å². The zero-order chi connectivity index (χ0) is 14.8. The summed E-state index contributed by atoms with van der Waals surface area (Å²) < 4.78 is 5.31. The monoisotopic (exact) mass is 295 g/mol. The highest BCUT2D eigenvalue weighted by molar-refractivity contribution is 6.31. The van der Waals surface area contributed by atoms with Gasteiger partial charge in [0.1, 0.15) is 5.75 Å². The molecular weight excluding hydrogens is 274 g/mol. The van der Waals surface area contributed by atoms with Crippen LogP contribution in [0.2, 0.25) is 5.02 Å². The third-order valence-corrected chi connectivity index (χ3v) is 4.54. The summed E-state index contributed by atoms with van der Waals surface area (Å²) in [4.78, 5) is 12.9. The molecule has 110 valence electrons. The predicted octanol–water partition coefficient (Wildman–Crippen LogP) is 3.56. The first-order chi connectivity index (χ1) is 9.46. The van der Waals surface area contributed by atoms with Crippen LogP contribution in [0.25, 0.3) is 0 Å². The summed E-state index contributed by atoms with van der Waals surface area (Å²) in [7, 11) is 1.58. The first-order valence-corrected chi connectivity index (χ1v) is 7.43. The molecule has 1 aliphatic heterocycles. The number of carbonyl (C=O) groups excluding carboxylic acids is 1. The van der Waals surface area contributed by atoms with E-state index in [1.807, 2.05) is 13.8 Å². The van der Waals surface area contributed by atoms with Gasteiger partial charge < -0.3 is 10.1 Å². The van der Waals surface area contributed by atoms with Gasteiger partial charge in [-0.2, -0.15) is 0 Å². The fourth-order valence-corrected chi connectivity index (χ4v) is 3.03. The SMILES string of the molecule is COc1ccc(Cl)cc1C(=O)C(C)(C)C1CCCNC1. The molecule has 3 nitrogen and oxygen atoms in total. The molecule has 0 aliphatic carbocycles. The topological polar surface area (TPSA) is 38.3 Å². The molecule has 0 radical (unpaired) electrons. The Kier molecular flexibility index (Phi) is 4.71. The first kappa shape index (κ1) is 15.3. The fraction of sp³-hybridized carbons (Fsp3) is 0.562. The van der Waals surface area contributed by atoms with Crippen LogP contribution >= 0.6 is 11.6 Å². The second kappa shape index (κ2) is 6.15. The minimum absolute atomic E-state index is 0.102. The van der Waals surface area contributed by atoms with E-state index in [0.717, 1.165) is 25.9 Å². The van der Waals surface area contributed by atoms with Gasteiger partial charge in [0.25, 0.3) is 0 Å². The zero-order valence-electron chi connectivity index (χ0n) is 12.3. The van der Waals surface area contributed by atoms with Gasteiger partial charge in [-0.15, -0.1) is 0 Å². The highest BCUT2D eigenvalue weighted by atomic mass is 35.5. The fourth-order valence-electron chi connectivity index (χ4n) is 2.86. The first-order valence-electron chi connectivity index (χ1n) is 7.06. The Morgan fingerprint density at radius 1 is 1.45 bits per heavy atom. The molecule has 1 aromatic carbocycles. The third-order valence-electron chi connectivity index (χ3n) is 4.31. The lowest BCUT2D eigenvalue weighted by Gasteiger charge is -2.36. The van der Waals surface area contributed by atoms with Crippen molar-refractivity contribution < 1.29 is 9.53 Å². The standard InChI is InChI=1S/C16H22ClNO2/c1-16(2,11-5-4-8-18-10-11)15(19)13-9-12(17)6-7-14(13)20-3/h6-7,9,11,18H,4-5,8,10H2,1-3H3. The number of carbonyl (C=O) groups is 1. The summed E-state index contributed by atoms with van der Waals surface area (Å²) in [5.74, 6) is 1.04. The second-order valence-corrected chi connectivity index (χ2v) is 6.38. The zero-order valence-corrected chi connectivity index (χ0v) is 13.1. The minimum Gasteiger partial charge on any atom is -0.496 e. The Morgan fingerprint density at radius 2 is 2.20 bits per heavy atom. The van der Waals surface area contributed by atoms with E-state index in [1.54, 1.807) is 25.3 Å². The van der Waals surface area contributed by atoms with Crippen molar-refractivity contribution in [1.82, 2.24) is 5.32 Å². The number of ketones is 1.